The first-order chi connectivity index (χ1) is 8.61. The molecule has 0 saturated heterocycles. The molecule has 1 atom stereocenters. The van der Waals surface area contributed by atoms with E-state index >= 15 is 0 Å². The number of aliphatic hydroxyl groups is 1. The Hall–Kier alpha value is -1.19. The Balaban J connectivity index is 2.26. The van der Waals surface area contributed by atoms with Crippen LogP contribution in [0.15, 0.2) is 23.6 Å². The summed E-state index contributed by atoms with van der Waals surface area (Å²) >= 11 is 1.68. The molecule has 1 heterocycles. The first kappa shape index (κ1) is 13.2. The highest BCUT2D eigenvalue weighted by Gasteiger charge is 2.11. The Labute approximate surface area is 112 Å². The van der Waals surface area contributed by atoms with E-state index in [0.717, 1.165) is 17.1 Å². The van der Waals surface area contributed by atoms with Gasteiger partial charge in [0.25, 0.3) is 0 Å². The van der Waals surface area contributed by atoms with Crippen molar-refractivity contribution in [3.05, 3.63) is 39.7 Å². The summed E-state index contributed by atoms with van der Waals surface area (Å²) in [6, 6.07) is 6.45. The summed E-state index contributed by atoms with van der Waals surface area (Å²) in [6.07, 6.45) is 0.778. The summed E-state index contributed by atoms with van der Waals surface area (Å²) in [5.74, 6) is 0.334. The number of aliphatic hydroxyl groups excluding tert-OH is 1. The maximum Gasteiger partial charge on any atom is 0.0961 e. The quantitative estimate of drug-likeness (QED) is 0.905. The van der Waals surface area contributed by atoms with E-state index in [1.54, 1.807) is 11.3 Å². The average molecular weight is 261 g/mol. The molecule has 96 valence electrons. The van der Waals surface area contributed by atoms with E-state index < -0.39 is 0 Å². The van der Waals surface area contributed by atoms with Crippen LogP contribution in [0.2, 0.25) is 0 Å². The predicted octanol–water partition coefficient (Wildman–Crippen LogP) is 3.91. The monoisotopic (exact) mass is 261 g/mol. The Morgan fingerprint density at radius 1 is 1.28 bits per heavy atom. The van der Waals surface area contributed by atoms with Crippen LogP contribution in [-0.2, 0) is 0 Å². The number of hydrogen-bond donors (Lipinski definition) is 1. The van der Waals surface area contributed by atoms with Gasteiger partial charge < -0.3 is 5.11 Å². The third-order valence-corrected chi connectivity index (χ3v) is 4.38. The van der Waals surface area contributed by atoms with E-state index in [1.807, 2.05) is 0 Å². The van der Waals surface area contributed by atoms with Crippen LogP contribution in [0.1, 0.15) is 35.4 Å². The summed E-state index contributed by atoms with van der Waals surface area (Å²) < 4.78 is 0. The van der Waals surface area contributed by atoms with Gasteiger partial charge in [-0.05, 0) is 37.5 Å². The van der Waals surface area contributed by atoms with E-state index in [4.69, 9.17) is 5.11 Å². The molecule has 0 aliphatic carbocycles. The van der Waals surface area contributed by atoms with Crippen molar-refractivity contribution in [2.45, 2.75) is 33.1 Å². The topological polar surface area (TPSA) is 33.1 Å². The third kappa shape index (κ3) is 2.79. The lowest BCUT2D eigenvalue weighted by molar-refractivity contribution is 0.278. The first-order valence-electron chi connectivity index (χ1n) is 6.25. The zero-order valence-corrected chi connectivity index (χ0v) is 11.9. The summed E-state index contributed by atoms with van der Waals surface area (Å²) in [4.78, 5) is 4.68. The van der Waals surface area contributed by atoms with Crippen molar-refractivity contribution in [2.24, 2.45) is 0 Å². The van der Waals surface area contributed by atoms with Crippen molar-refractivity contribution in [1.29, 1.82) is 0 Å². The van der Waals surface area contributed by atoms with Crippen LogP contribution in [0.25, 0.3) is 11.3 Å². The molecular formula is C15H19NOS. The Bertz CT molecular complexity index is 533. The van der Waals surface area contributed by atoms with Crippen molar-refractivity contribution in [2.75, 3.05) is 6.61 Å². The largest absolute Gasteiger partial charge is 0.396 e. The average Bonchev–Trinajstić information content (AvgIpc) is 2.82. The van der Waals surface area contributed by atoms with Gasteiger partial charge in [0.15, 0.2) is 0 Å². The van der Waals surface area contributed by atoms with Crippen LogP contribution in [-0.4, -0.2) is 16.7 Å². The van der Waals surface area contributed by atoms with Crippen molar-refractivity contribution in [3.63, 3.8) is 0 Å². The fraction of sp³-hybridized carbons (Fsp3) is 0.400. The molecule has 0 aliphatic heterocycles. The molecule has 2 nitrogen and oxygen atoms in total. The van der Waals surface area contributed by atoms with Gasteiger partial charge in [0.2, 0.25) is 0 Å². The second-order valence-electron chi connectivity index (χ2n) is 4.78. The summed E-state index contributed by atoms with van der Waals surface area (Å²) in [5, 5.41) is 12.2. The van der Waals surface area contributed by atoms with Crippen LogP contribution in [0.5, 0.6) is 0 Å². The highest BCUT2D eigenvalue weighted by molar-refractivity contribution is 7.10. The molecule has 0 aliphatic rings. The molecule has 2 aromatic rings. The molecule has 0 radical (unpaired) electrons. The molecule has 0 spiro atoms. The van der Waals surface area contributed by atoms with Crippen molar-refractivity contribution < 1.29 is 5.11 Å². The standard InChI is InChI=1S/C15H19NOS/c1-10-4-5-13(8-12(10)3)14-9-18-15(16-14)11(2)6-7-17/h4-5,8-9,11,17H,6-7H2,1-3H3. The Morgan fingerprint density at radius 2 is 2.06 bits per heavy atom. The highest BCUT2D eigenvalue weighted by Crippen LogP contribution is 2.28. The second kappa shape index (κ2) is 5.63. The molecule has 1 N–H and O–H groups in total. The fourth-order valence-electron chi connectivity index (χ4n) is 1.86. The highest BCUT2D eigenvalue weighted by atomic mass is 32.1. The van der Waals surface area contributed by atoms with Gasteiger partial charge in [-0.2, -0.15) is 0 Å². The smallest absolute Gasteiger partial charge is 0.0961 e. The maximum atomic E-state index is 8.97. The zero-order valence-electron chi connectivity index (χ0n) is 11.1. The summed E-state index contributed by atoms with van der Waals surface area (Å²) in [5.41, 5.74) is 4.83. The van der Waals surface area contributed by atoms with E-state index in [0.29, 0.717) is 5.92 Å². The normalized spacial score (nSPS) is 12.7. The van der Waals surface area contributed by atoms with Crippen molar-refractivity contribution in [1.82, 2.24) is 4.98 Å². The molecule has 18 heavy (non-hydrogen) atoms. The van der Waals surface area contributed by atoms with Crippen LogP contribution in [0, 0.1) is 13.8 Å². The van der Waals surface area contributed by atoms with Crippen LogP contribution in [0.3, 0.4) is 0 Å². The minimum Gasteiger partial charge on any atom is -0.396 e. The fourth-order valence-corrected chi connectivity index (χ4v) is 2.79. The SMILES string of the molecule is Cc1ccc(-c2csc(C(C)CCO)n2)cc1C. The summed E-state index contributed by atoms with van der Waals surface area (Å²) in [6.45, 7) is 6.58. The van der Waals surface area contributed by atoms with Gasteiger partial charge in [0.05, 0.1) is 10.7 Å². The number of aromatic nitrogens is 1. The van der Waals surface area contributed by atoms with Gasteiger partial charge in [-0.15, -0.1) is 11.3 Å². The Morgan fingerprint density at radius 3 is 2.72 bits per heavy atom. The number of rotatable bonds is 4. The van der Waals surface area contributed by atoms with Crippen molar-refractivity contribution in [3.8, 4) is 11.3 Å². The second-order valence-corrected chi connectivity index (χ2v) is 5.67. The molecular weight excluding hydrogens is 242 g/mol. The van der Waals surface area contributed by atoms with E-state index in [-0.39, 0.29) is 6.61 Å². The molecule has 3 heteroatoms. The van der Waals surface area contributed by atoms with Gasteiger partial charge in [0.1, 0.15) is 0 Å². The minimum atomic E-state index is 0.222. The van der Waals surface area contributed by atoms with Gasteiger partial charge in [-0.3, -0.25) is 0 Å². The molecule has 0 bridgehead atoms. The third-order valence-electron chi connectivity index (χ3n) is 3.31. The zero-order chi connectivity index (χ0) is 13.1. The van der Waals surface area contributed by atoms with Crippen molar-refractivity contribution >= 4 is 11.3 Å². The number of aryl methyl sites for hydroxylation is 2. The number of nitrogens with zero attached hydrogens (tertiary/aromatic N) is 1. The molecule has 0 amide bonds. The Kier molecular flexibility index (Phi) is 4.15. The number of benzene rings is 1. The number of thiazole rings is 1. The van der Waals surface area contributed by atoms with Crippen LogP contribution >= 0.6 is 11.3 Å². The molecule has 1 aromatic carbocycles. The van der Waals surface area contributed by atoms with Crippen LogP contribution < -0.4 is 0 Å². The minimum absolute atomic E-state index is 0.222. The van der Waals surface area contributed by atoms with E-state index in [2.05, 4.69) is 49.3 Å². The lowest BCUT2D eigenvalue weighted by atomic mass is 10.0. The summed E-state index contributed by atoms with van der Waals surface area (Å²) in [7, 11) is 0. The van der Waals surface area contributed by atoms with E-state index in [1.165, 1.54) is 16.7 Å². The lowest BCUT2D eigenvalue weighted by Gasteiger charge is -2.05. The van der Waals surface area contributed by atoms with E-state index in [9.17, 15) is 0 Å². The molecule has 1 aromatic heterocycles. The molecule has 1 unspecified atom stereocenters. The maximum absolute atomic E-state index is 8.97. The van der Waals surface area contributed by atoms with Gasteiger partial charge >= 0.3 is 0 Å². The van der Waals surface area contributed by atoms with Gasteiger partial charge in [-0.25, -0.2) is 4.98 Å². The lowest BCUT2D eigenvalue weighted by Crippen LogP contribution is -1.96. The predicted molar refractivity (Wildman–Crippen MR) is 77.1 cm³/mol. The van der Waals surface area contributed by atoms with Gasteiger partial charge in [-0.1, -0.05) is 19.1 Å². The van der Waals surface area contributed by atoms with Gasteiger partial charge in [0, 0.05) is 23.5 Å². The molecule has 0 fully saturated rings. The molecule has 0 saturated carbocycles. The van der Waals surface area contributed by atoms with Crippen LogP contribution in [0.4, 0.5) is 0 Å². The molecule has 2 rings (SSSR count). The number of hydrogen-bond acceptors (Lipinski definition) is 3. The first-order valence-corrected chi connectivity index (χ1v) is 7.13.